The number of hydrogen-bond donors (Lipinski definition) is 2. The standard InChI is InChI=1S/C13H13FN2OS/c1-8-4-5-18-12(8)7-16-13(17)10-3-2-9(14)6-11(10)15/h2-6H,7,15H2,1H3,(H,16,17). The Kier molecular flexibility index (Phi) is 3.62. The molecule has 0 aliphatic carbocycles. The summed E-state index contributed by atoms with van der Waals surface area (Å²) in [7, 11) is 0. The van der Waals surface area contributed by atoms with E-state index in [1.807, 2.05) is 18.4 Å². The van der Waals surface area contributed by atoms with Gasteiger partial charge in [-0.2, -0.15) is 0 Å². The van der Waals surface area contributed by atoms with Gasteiger partial charge in [0.15, 0.2) is 0 Å². The Morgan fingerprint density at radius 3 is 2.83 bits per heavy atom. The van der Waals surface area contributed by atoms with Crippen molar-refractivity contribution in [1.29, 1.82) is 0 Å². The lowest BCUT2D eigenvalue weighted by Crippen LogP contribution is -2.23. The van der Waals surface area contributed by atoms with E-state index in [4.69, 9.17) is 5.73 Å². The van der Waals surface area contributed by atoms with Gasteiger partial charge in [0.1, 0.15) is 5.82 Å². The second-order valence-corrected chi connectivity index (χ2v) is 4.94. The number of hydrogen-bond acceptors (Lipinski definition) is 3. The molecule has 3 nitrogen and oxygen atoms in total. The smallest absolute Gasteiger partial charge is 0.253 e. The van der Waals surface area contributed by atoms with Gasteiger partial charge in [-0.15, -0.1) is 11.3 Å². The molecule has 3 N–H and O–H groups in total. The van der Waals surface area contributed by atoms with Gasteiger partial charge < -0.3 is 11.1 Å². The Balaban J connectivity index is 2.06. The Bertz CT molecular complexity index is 580. The van der Waals surface area contributed by atoms with Crippen LogP contribution in [0.1, 0.15) is 20.8 Å². The third kappa shape index (κ3) is 2.68. The molecule has 0 aliphatic rings. The van der Waals surface area contributed by atoms with Gasteiger partial charge in [0.05, 0.1) is 12.1 Å². The highest BCUT2D eigenvalue weighted by Crippen LogP contribution is 2.16. The molecule has 0 bridgehead atoms. The molecular weight excluding hydrogens is 251 g/mol. The molecule has 0 aliphatic heterocycles. The third-order valence-corrected chi connectivity index (χ3v) is 3.66. The molecule has 0 atom stereocenters. The van der Waals surface area contributed by atoms with Crippen molar-refractivity contribution in [3.63, 3.8) is 0 Å². The fourth-order valence-electron chi connectivity index (χ4n) is 1.58. The van der Waals surface area contributed by atoms with Gasteiger partial charge in [-0.1, -0.05) is 0 Å². The van der Waals surface area contributed by atoms with Crippen LogP contribution >= 0.6 is 11.3 Å². The summed E-state index contributed by atoms with van der Waals surface area (Å²) >= 11 is 1.59. The maximum atomic E-state index is 12.9. The van der Waals surface area contributed by atoms with Crippen molar-refractivity contribution in [2.24, 2.45) is 0 Å². The molecule has 0 saturated heterocycles. The number of carbonyl (C=O) groups excluding carboxylic acids is 1. The fraction of sp³-hybridized carbons (Fsp3) is 0.154. The van der Waals surface area contributed by atoms with E-state index in [0.717, 1.165) is 16.5 Å². The van der Waals surface area contributed by atoms with E-state index < -0.39 is 5.82 Å². The van der Waals surface area contributed by atoms with E-state index in [0.29, 0.717) is 12.1 Å². The van der Waals surface area contributed by atoms with Crippen molar-refractivity contribution in [1.82, 2.24) is 5.32 Å². The molecule has 2 aromatic rings. The number of nitrogens with two attached hydrogens (primary N) is 1. The van der Waals surface area contributed by atoms with Gasteiger partial charge >= 0.3 is 0 Å². The van der Waals surface area contributed by atoms with Gasteiger partial charge in [0, 0.05) is 10.6 Å². The van der Waals surface area contributed by atoms with Gasteiger partial charge in [-0.3, -0.25) is 4.79 Å². The molecule has 0 saturated carbocycles. The quantitative estimate of drug-likeness (QED) is 0.837. The zero-order valence-electron chi connectivity index (χ0n) is 9.87. The molecule has 2 rings (SSSR count). The van der Waals surface area contributed by atoms with E-state index in [2.05, 4.69) is 5.32 Å². The number of anilines is 1. The van der Waals surface area contributed by atoms with Gasteiger partial charge in [0.25, 0.3) is 5.91 Å². The minimum atomic E-state index is -0.446. The molecule has 1 aromatic carbocycles. The number of carbonyl (C=O) groups is 1. The Morgan fingerprint density at radius 2 is 2.22 bits per heavy atom. The van der Waals surface area contributed by atoms with Crippen LogP contribution in [-0.2, 0) is 6.54 Å². The number of thiophene rings is 1. The lowest BCUT2D eigenvalue weighted by molar-refractivity contribution is 0.0952. The number of amides is 1. The fourth-order valence-corrected chi connectivity index (χ4v) is 2.43. The number of halogens is 1. The summed E-state index contributed by atoms with van der Waals surface area (Å²) in [6, 6.07) is 5.76. The summed E-state index contributed by atoms with van der Waals surface area (Å²) in [5, 5.41) is 4.75. The zero-order chi connectivity index (χ0) is 13.1. The summed E-state index contributed by atoms with van der Waals surface area (Å²) in [6.45, 7) is 2.45. The lowest BCUT2D eigenvalue weighted by atomic mass is 10.1. The van der Waals surface area contributed by atoms with Crippen molar-refractivity contribution < 1.29 is 9.18 Å². The molecule has 0 spiro atoms. The lowest BCUT2D eigenvalue weighted by Gasteiger charge is -2.07. The average molecular weight is 264 g/mol. The normalized spacial score (nSPS) is 10.3. The van der Waals surface area contributed by atoms with Crippen molar-refractivity contribution >= 4 is 22.9 Å². The van der Waals surface area contributed by atoms with Gasteiger partial charge in [-0.05, 0) is 42.1 Å². The number of benzene rings is 1. The molecular formula is C13H13FN2OS. The van der Waals surface area contributed by atoms with Crippen LogP contribution in [0, 0.1) is 12.7 Å². The molecule has 0 radical (unpaired) electrons. The molecule has 0 unspecified atom stereocenters. The molecule has 1 amide bonds. The molecule has 18 heavy (non-hydrogen) atoms. The maximum absolute atomic E-state index is 12.9. The topological polar surface area (TPSA) is 55.1 Å². The van der Waals surface area contributed by atoms with Crippen LogP contribution in [0.2, 0.25) is 0 Å². The minimum Gasteiger partial charge on any atom is -0.398 e. The van der Waals surface area contributed by atoms with E-state index in [-0.39, 0.29) is 11.6 Å². The first-order chi connectivity index (χ1) is 8.58. The highest BCUT2D eigenvalue weighted by Gasteiger charge is 2.10. The monoisotopic (exact) mass is 264 g/mol. The first-order valence-corrected chi connectivity index (χ1v) is 6.32. The molecule has 94 valence electrons. The zero-order valence-corrected chi connectivity index (χ0v) is 10.7. The van der Waals surface area contributed by atoms with E-state index >= 15 is 0 Å². The van der Waals surface area contributed by atoms with Gasteiger partial charge in [-0.25, -0.2) is 4.39 Å². The maximum Gasteiger partial charge on any atom is 0.253 e. The largest absolute Gasteiger partial charge is 0.398 e. The first-order valence-electron chi connectivity index (χ1n) is 5.44. The summed E-state index contributed by atoms with van der Waals surface area (Å²) in [4.78, 5) is 13.0. The Labute approximate surface area is 108 Å². The van der Waals surface area contributed by atoms with Crippen molar-refractivity contribution in [2.45, 2.75) is 13.5 Å². The number of nitrogens with one attached hydrogen (secondary N) is 1. The molecule has 1 aromatic heterocycles. The average Bonchev–Trinajstić information content (AvgIpc) is 2.72. The van der Waals surface area contributed by atoms with E-state index in [9.17, 15) is 9.18 Å². The summed E-state index contributed by atoms with van der Waals surface area (Å²) in [5.41, 5.74) is 7.19. The van der Waals surface area contributed by atoms with Crippen molar-refractivity contribution in [2.75, 3.05) is 5.73 Å². The highest BCUT2D eigenvalue weighted by molar-refractivity contribution is 7.10. The number of aryl methyl sites for hydroxylation is 1. The van der Waals surface area contributed by atoms with E-state index in [1.165, 1.54) is 12.1 Å². The third-order valence-electron chi connectivity index (χ3n) is 2.64. The van der Waals surface area contributed by atoms with Gasteiger partial charge in [0.2, 0.25) is 0 Å². The number of rotatable bonds is 3. The Morgan fingerprint density at radius 1 is 1.44 bits per heavy atom. The molecule has 5 heteroatoms. The Hall–Kier alpha value is -1.88. The molecule has 0 fully saturated rings. The predicted octanol–water partition coefficient (Wildman–Crippen LogP) is 2.71. The van der Waals surface area contributed by atoms with Crippen molar-refractivity contribution in [3.8, 4) is 0 Å². The van der Waals surface area contributed by atoms with Crippen LogP contribution in [0.3, 0.4) is 0 Å². The van der Waals surface area contributed by atoms with Crippen LogP contribution in [0.5, 0.6) is 0 Å². The van der Waals surface area contributed by atoms with E-state index in [1.54, 1.807) is 11.3 Å². The SMILES string of the molecule is Cc1ccsc1CNC(=O)c1ccc(F)cc1N. The van der Waals surface area contributed by atoms with Crippen LogP contribution in [-0.4, -0.2) is 5.91 Å². The van der Waals surface area contributed by atoms with Crippen LogP contribution in [0.25, 0.3) is 0 Å². The van der Waals surface area contributed by atoms with Crippen LogP contribution in [0.4, 0.5) is 10.1 Å². The highest BCUT2D eigenvalue weighted by atomic mass is 32.1. The van der Waals surface area contributed by atoms with Crippen LogP contribution in [0.15, 0.2) is 29.6 Å². The summed E-state index contributed by atoms with van der Waals surface area (Å²) in [6.07, 6.45) is 0. The summed E-state index contributed by atoms with van der Waals surface area (Å²) < 4.78 is 12.9. The first kappa shape index (κ1) is 12.6. The number of nitrogen functional groups attached to an aromatic ring is 1. The predicted molar refractivity (Wildman–Crippen MR) is 71.0 cm³/mol. The summed E-state index contributed by atoms with van der Waals surface area (Å²) in [5.74, 6) is -0.738. The second kappa shape index (κ2) is 5.18. The molecule has 1 heterocycles. The minimum absolute atomic E-state index is 0.149. The second-order valence-electron chi connectivity index (χ2n) is 3.94. The van der Waals surface area contributed by atoms with Crippen molar-refractivity contribution in [3.05, 3.63) is 51.5 Å². The van der Waals surface area contributed by atoms with Crippen LogP contribution < -0.4 is 11.1 Å².